The van der Waals surface area contributed by atoms with Crippen molar-refractivity contribution in [3.8, 4) is 0 Å². The molecule has 1 aromatic carbocycles. The average molecular weight is 350 g/mol. The van der Waals surface area contributed by atoms with E-state index in [0.717, 1.165) is 4.47 Å². The van der Waals surface area contributed by atoms with Gasteiger partial charge in [0, 0.05) is 15.1 Å². The highest BCUT2D eigenvalue weighted by Crippen LogP contribution is 2.43. The van der Waals surface area contributed by atoms with Gasteiger partial charge in [-0.3, -0.25) is 4.79 Å². The van der Waals surface area contributed by atoms with Gasteiger partial charge in [-0.1, -0.05) is 33.6 Å². The van der Waals surface area contributed by atoms with Crippen molar-refractivity contribution < 1.29 is 14.6 Å². The number of hydrogen-bond acceptors (Lipinski definition) is 3. The molecule has 19 heavy (non-hydrogen) atoms. The largest absolute Gasteiger partial charge is 0.465 e. The second kappa shape index (κ2) is 5.81. The first-order chi connectivity index (χ1) is 8.64. The Morgan fingerprint density at radius 2 is 2.00 bits per heavy atom. The molecule has 0 heterocycles. The van der Waals surface area contributed by atoms with Gasteiger partial charge in [-0.05, 0) is 39.8 Å². The monoisotopic (exact) mass is 348 g/mol. The molecule has 0 amide bonds. The Hall–Kier alpha value is -0.580. The molecule has 1 atom stereocenters. The molecule has 0 saturated heterocycles. The van der Waals surface area contributed by atoms with Crippen molar-refractivity contribution in [2.24, 2.45) is 5.41 Å². The zero-order valence-corrected chi connectivity index (χ0v) is 13.8. The third-order valence-corrected chi connectivity index (χ3v) is 4.26. The summed E-state index contributed by atoms with van der Waals surface area (Å²) in [5.41, 5.74) is -2.05. The molecule has 0 spiro atoms. The molecule has 0 aliphatic carbocycles. The molecule has 0 fully saturated rings. The van der Waals surface area contributed by atoms with Crippen LogP contribution in [0.2, 0.25) is 5.02 Å². The molecule has 0 aliphatic rings. The number of carbonyl (C=O) groups excluding carboxylic acids is 1. The van der Waals surface area contributed by atoms with Crippen LogP contribution in [0.1, 0.15) is 33.3 Å². The SMILES string of the molecule is CCOC(=O)C(C)(C)C(C)(O)c1ccc(Br)cc1Cl. The van der Waals surface area contributed by atoms with Gasteiger partial charge in [-0.2, -0.15) is 0 Å². The summed E-state index contributed by atoms with van der Waals surface area (Å²) < 4.78 is 5.84. The zero-order valence-electron chi connectivity index (χ0n) is 11.5. The van der Waals surface area contributed by atoms with Crippen LogP contribution in [0.4, 0.5) is 0 Å². The van der Waals surface area contributed by atoms with Gasteiger partial charge < -0.3 is 9.84 Å². The Kier molecular flexibility index (Phi) is 5.04. The summed E-state index contributed by atoms with van der Waals surface area (Å²) in [5.74, 6) is -0.459. The van der Waals surface area contributed by atoms with E-state index < -0.39 is 17.0 Å². The number of rotatable bonds is 4. The Morgan fingerprint density at radius 1 is 1.42 bits per heavy atom. The van der Waals surface area contributed by atoms with Gasteiger partial charge in [0.15, 0.2) is 0 Å². The van der Waals surface area contributed by atoms with E-state index >= 15 is 0 Å². The highest BCUT2D eigenvalue weighted by molar-refractivity contribution is 9.10. The number of benzene rings is 1. The highest BCUT2D eigenvalue weighted by Gasteiger charge is 2.48. The molecule has 0 bridgehead atoms. The molecule has 106 valence electrons. The summed E-state index contributed by atoms with van der Waals surface area (Å²) in [6.07, 6.45) is 0. The van der Waals surface area contributed by atoms with E-state index in [1.54, 1.807) is 45.9 Å². The van der Waals surface area contributed by atoms with E-state index in [2.05, 4.69) is 15.9 Å². The fourth-order valence-electron chi connectivity index (χ4n) is 1.73. The third kappa shape index (κ3) is 3.12. The lowest BCUT2D eigenvalue weighted by molar-refractivity contribution is -0.170. The summed E-state index contributed by atoms with van der Waals surface area (Å²) in [6, 6.07) is 5.16. The summed E-state index contributed by atoms with van der Waals surface area (Å²) in [5, 5.41) is 11.2. The highest BCUT2D eigenvalue weighted by atomic mass is 79.9. The van der Waals surface area contributed by atoms with Gasteiger partial charge in [-0.15, -0.1) is 0 Å². The lowest BCUT2D eigenvalue weighted by atomic mass is 9.72. The van der Waals surface area contributed by atoms with Gasteiger partial charge in [0.25, 0.3) is 0 Å². The summed E-state index contributed by atoms with van der Waals surface area (Å²) >= 11 is 9.47. The predicted molar refractivity (Wildman–Crippen MR) is 79.1 cm³/mol. The van der Waals surface area contributed by atoms with Crippen LogP contribution >= 0.6 is 27.5 Å². The Labute approximate surface area is 127 Å². The third-order valence-electron chi connectivity index (χ3n) is 3.46. The topological polar surface area (TPSA) is 46.5 Å². The van der Waals surface area contributed by atoms with Gasteiger partial charge >= 0.3 is 5.97 Å². The van der Waals surface area contributed by atoms with Crippen molar-refractivity contribution in [2.45, 2.75) is 33.3 Å². The van der Waals surface area contributed by atoms with Crippen molar-refractivity contribution in [3.63, 3.8) is 0 Å². The molecule has 0 aromatic heterocycles. The number of aliphatic hydroxyl groups is 1. The first kappa shape index (κ1) is 16.5. The van der Waals surface area contributed by atoms with Crippen LogP contribution in [-0.4, -0.2) is 17.7 Å². The second-order valence-corrected chi connectivity index (χ2v) is 6.36. The minimum Gasteiger partial charge on any atom is -0.465 e. The molecule has 1 N–H and O–H groups in total. The first-order valence-electron chi connectivity index (χ1n) is 5.99. The number of hydrogen-bond donors (Lipinski definition) is 1. The number of esters is 1. The van der Waals surface area contributed by atoms with Crippen LogP contribution in [0.25, 0.3) is 0 Å². The molecule has 1 rings (SSSR count). The maximum Gasteiger partial charge on any atom is 0.314 e. The quantitative estimate of drug-likeness (QED) is 0.839. The van der Waals surface area contributed by atoms with Crippen molar-refractivity contribution in [3.05, 3.63) is 33.3 Å². The van der Waals surface area contributed by atoms with Crippen LogP contribution in [0.15, 0.2) is 22.7 Å². The minimum atomic E-state index is -1.43. The van der Waals surface area contributed by atoms with Crippen LogP contribution < -0.4 is 0 Å². The molecule has 0 radical (unpaired) electrons. The number of ether oxygens (including phenoxy) is 1. The fraction of sp³-hybridized carbons (Fsp3) is 0.500. The molecular formula is C14H18BrClO3. The van der Waals surface area contributed by atoms with E-state index in [4.69, 9.17) is 16.3 Å². The average Bonchev–Trinajstić information content (AvgIpc) is 2.28. The molecule has 5 heteroatoms. The Balaban J connectivity index is 3.25. The summed E-state index contributed by atoms with van der Waals surface area (Å²) in [4.78, 5) is 12.0. The molecule has 1 aromatic rings. The summed E-state index contributed by atoms with van der Waals surface area (Å²) in [7, 11) is 0. The smallest absolute Gasteiger partial charge is 0.314 e. The predicted octanol–water partition coefficient (Wildman–Crippen LogP) is 3.90. The Morgan fingerprint density at radius 3 is 2.47 bits per heavy atom. The van der Waals surface area contributed by atoms with E-state index in [1.807, 2.05) is 0 Å². The summed E-state index contributed by atoms with van der Waals surface area (Å²) in [6.45, 7) is 6.85. The minimum absolute atomic E-state index is 0.270. The van der Waals surface area contributed by atoms with Crippen molar-refractivity contribution in [1.29, 1.82) is 0 Å². The molecule has 3 nitrogen and oxygen atoms in total. The van der Waals surface area contributed by atoms with E-state index in [9.17, 15) is 9.90 Å². The van der Waals surface area contributed by atoms with Gasteiger partial charge in [0.2, 0.25) is 0 Å². The lowest BCUT2D eigenvalue weighted by Crippen LogP contribution is -2.46. The fourth-order valence-corrected chi connectivity index (χ4v) is 2.59. The molecule has 1 unspecified atom stereocenters. The van der Waals surface area contributed by atoms with E-state index in [0.29, 0.717) is 10.6 Å². The normalized spacial score (nSPS) is 14.9. The van der Waals surface area contributed by atoms with E-state index in [1.165, 1.54) is 0 Å². The van der Waals surface area contributed by atoms with Crippen molar-refractivity contribution in [1.82, 2.24) is 0 Å². The number of halogens is 2. The zero-order chi connectivity index (χ0) is 14.8. The van der Waals surface area contributed by atoms with Gasteiger partial charge in [0.1, 0.15) is 5.60 Å². The molecular weight excluding hydrogens is 332 g/mol. The van der Waals surface area contributed by atoms with Crippen LogP contribution in [-0.2, 0) is 15.1 Å². The van der Waals surface area contributed by atoms with Crippen molar-refractivity contribution in [2.75, 3.05) is 6.61 Å². The second-order valence-electron chi connectivity index (χ2n) is 5.04. The van der Waals surface area contributed by atoms with E-state index in [-0.39, 0.29) is 6.61 Å². The maximum absolute atomic E-state index is 12.0. The maximum atomic E-state index is 12.0. The van der Waals surface area contributed by atoms with Crippen molar-refractivity contribution >= 4 is 33.5 Å². The number of carbonyl (C=O) groups is 1. The van der Waals surface area contributed by atoms with Gasteiger partial charge in [0.05, 0.1) is 12.0 Å². The van der Waals surface area contributed by atoms with Crippen LogP contribution in [0.5, 0.6) is 0 Å². The standard InChI is InChI=1S/C14H18BrClO3/c1-5-19-12(17)13(2,3)14(4,18)10-7-6-9(15)8-11(10)16/h6-8,18H,5H2,1-4H3. The molecule has 0 aliphatic heterocycles. The lowest BCUT2D eigenvalue weighted by Gasteiger charge is -2.38. The van der Waals surface area contributed by atoms with Crippen LogP contribution in [0.3, 0.4) is 0 Å². The van der Waals surface area contributed by atoms with Gasteiger partial charge in [-0.25, -0.2) is 0 Å². The van der Waals surface area contributed by atoms with Crippen LogP contribution in [0, 0.1) is 5.41 Å². The first-order valence-corrected chi connectivity index (χ1v) is 7.16. The Bertz CT molecular complexity index is 484. The molecule has 0 saturated carbocycles.